The number of halogens is 2. The molecule has 0 atom stereocenters. The average molecular weight is 432 g/mol. The number of hydrogen-bond donors (Lipinski definition) is 1. The third-order valence-electron chi connectivity index (χ3n) is 4.88. The van der Waals surface area contributed by atoms with Crippen molar-refractivity contribution in [3.8, 4) is 6.07 Å². The second-order valence-electron chi connectivity index (χ2n) is 6.85. The number of H-pyrrole nitrogens is 1. The van der Waals surface area contributed by atoms with Gasteiger partial charge in [-0.25, -0.2) is 4.39 Å². The average Bonchev–Trinajstić information content (AvgIpc) is 2.77. The van der Waals surface area contributed by atoms with E-state index in [4.69, 9.17) is 11.6 Å². The summed E-state index contributed by atoms with van der Waals surface area (Å²) in [7, 11) is 0. The smallest absolute Gasteiger partial charge is 0.259 e. The number of hydrogen-bond acceptors (Lipinski definition) is 3. The maximum Gasteiger partial charge on any atom is 0.259 e. The Morgan fingerprint density at radius 3 is 2.61 bits per heavy atom. The third kappa shape index (κ3) is 4.04. The van der Waals surface area contributed by atoms with Gasteiger partial charge in [-0.3, -0.25) is 9.59 Å². The van der Waals surface area contributed by atoms with Gasteiger partial charge in [0.2, 0.25) is 5.56 Å². The van der Waals surface area contributed by atoms with Crippen molar-refractivity contribution in [3.05, 3.63) is 111 Å². The number of nitriles is 1. The molecule has 0 unspecified atom stereocenters. The Kier molecular flexibility index (Phi) is 5.52. The lowest BCUT2D eigenvalue weighted by molar-refractivity contribution is 0.0985. The van der Waals surface area contributed by atoms with Crippen LogP contribution in [0.2, 0.25) is 5.02 Å². The minimum atomic E-state index is -0.563. The molecule has 4 rings (SSSR count). The molecule has 0 aliphatic rings. The van der Waals surface area contributed by atoms with E-state index in [1.165, 1.54) is 23.1 Å². The molecule has 1 N–H and O–H groups in total. The summed E-state index contributed by atoms with van der Waals surface area (Å²) in [6.45, 7) is -0.0250. The largest absolute Gasteiger partial charge is 0.319 e. The van der Waals surface area contributed by atoms with Crippen LogP contribution in [0.4, 0.5) is 10.1 Å². The van der Waals surface area contributed by atoms with E-state index in [2.05, 4.69) is 4.98 Å². The van der Waals surface area contributed by atoms with Crippen molar-refractivity contribution < 1.29 is 9.18 Å². The number of fused-ring (bicyclic) bond motifs is 1. The van der Waals surface area contributed by atoms with Crippen molar-refractivity contribution in [2.24, 2.45) is 0 Å². The third-order valence-corrected chi connectivity index (χ3v) is 5.12. The topological polar surface area (TPSA) is 77.0 Å². The molecule has 0 aliphatic carbocycles. The molecular weight excluding hydrogens is 417 g/mol. The number of carbonyl (C=O) groups excluding carboxylic acids is 1. The lowest BCUT2D eigenvalue weighted by atomic mass is 10.0. The minimum Gasteiger partial charge on any atom is -0.319 e. The van der Waals surface area contributed by atoms with Crippen LogP contribution >= 0.6 is 11.6 Å². The molecule has 1 aromatic heterocycles. The summed E-state index contributed by atoms with van der Waals surface area (Å²) in [4.78, 5) is 29.6. The first-order valence-corrected chi connectivity index (χ1v) is 9.72. The number of aromatic nitrogens is 1. The SMILES string of the molecule is N#Cc1ccccc1C(=O)N(Cc1cc(=O)[nH]c2c(F)cccc12)c1cccc(Cl)c1. The zero-order chi connectivity index (χ0) is 22.0. The van der Waals surface area contributed by atoms with Gasteiger partial charge in [0, 0.05) is 22.2 Å². The van der Waals surface area contributed by atoms with Crippen molar-refractivity contribution in [2.75, 3.05) is 4.90 Å². The summed E-state index contributed by atoms with van der Waals surface area (Å²) >= 11 is 6.15. The van der Waals surface area contributed by atoms with Crippen LogP contribution in [0.3, 0.4) is 0 Å². The number of amides is 1. The van der Waals surface area contributed by atoms with Gasteiger partial charge in [-0.2, -0.15) is 5.26 Å². The van der Waals surface area contributed by atoms with Crippen molar-refractivity contribution >= 4 is 34.1 Å². The lowest BCUT2D eigenvalue weighted by Crippen LogP contribution is -2.31. The molecule has 0 fully saturated rings. The first kappa shape index (κ1) is 20.3. The molecule has 5 nitrogen and oxygen atoms in total. The van der Waals surface area contributed by atoms with E-state index in [0.29, 0.717) is 21.7 Å². The number of anilines is 1. The van der Waals surface area contributed by atoms with Crippen LogP contribution in [0.15, 0.2) is 77.6 Å². The van der Waals surface area contributed by atoms with Gasteiger partial charge in [0.15, 0.2) is 0 Å². The van der Waals surface area contributed by atoms with Crippen LogP contribution in [0.25, 0.3) is 10.9 Å². The first-order chi connectivity index (χ1) is 15.0. The summed E-state index contributed by atoms with van der Waals surface area (Å²) in [5.74, 6) is -1.00. The number of benzene rings is 3. The predicted octanol–water partition coefficient (Wildman–Crippen LogP) is 5.04. The molecule has 3 aromatic carbocycles. The van der Waals surface area contributed by atoms with Gasteiger partial charge in [0.25, 0.3) is 5.91 Å². The monoisotopic (exact) mass is 431 g/mol. The molecule has 7 heteroatoms. The van der Waals surface area contributed by atoms with E-state index < -0.39 is 17.3 Å². The Morgan fingerprint density at radius 1 is 1.06 bits per heavy atom. The van der Waals surface area contributed by atoms with Gasteiger partial charge in [-0.05, 0) is 42.0 Å². The normalized spacial score (nSPS) is 10.6. The van der Waals surface area contributed by atoms with Gasteiger partial charge < -0.3 is 9.88 Å². The van der Waals surface area contributed by atoms with Gasteiger partial charge in [-0.15, -0.1) is 0 Å². The Bertz CT molecular complexity index is 1410. The van der Waals surface area contributed by atoms with Crippen molar-refractivity contribution in [1.29, 1.82) is 5.26 Å². The Hall–Kier alpha value is -3.95. The van der Waals surface area contributed by atoms with Crippen LogP contribution < -0.4 is 10.5 Å². The maximum absolute atomic E-state index is 14.3. The standard InChI is InChI=1S/C24H15ClFN3O2/c25-17-6-3-7-18(12-17)29(24(31)20-8-2-1-5-15(20)13-27)14-16-11-22(30)28-23-19(16)9-4-10-21(23)26/h1-12H,14H2,(H,28,30). The summed E-state index contributed by atoms with van der Waals surface area (Å²) in [5.41, 5.74) is 0.965. The van der Waals surface area contributed by atoms with E-state index in [-0.39, 0.29) is 23.2 Å². The second kappa shape index (κ2) is 8.42. The fourth-order valence-electron chi connectivity index (χ4n) is 3.45. The molecule has 0 spiro atoms. The quantitative estimate of drug-likeness (QED) is 0.491. The van der Waals surface area contributed by atoms with Crippen molar-refractivity contribution in [1.82, 2.24) is 4.98 Å². The van der Waals surface area contributed by atoms with Crippen molar-refractivity contribution in [2.45, 2.75) is 6.54 Å². The van der Waals surface area contributed by atoms with E-state index in [0.717, 1.165) is 0 Å². The van der Waals surface area contributed by atoms with E-state index in [1.807, 2.05) is 6.07 Å². The Labute approximate surface area is 181 Å². The molecule has 31 heavy (non-hydrogen) atoms. The molecule has 0 saturated carbocycles. The predicted molar refractivity (Wildman–Crippen MR) is 118 cm³/mol. The number of nitrogens with zero attached hydrogens (tertiary/aromatic N) is 2. The van der Waals surface area contributed by atoms with Crippen LogP contribution in [-0.4, -0.2) is 10.9 Å². The highest BCUT2D eigenvalue weighted by Crippen LogP contribution is 2.27. The maximum atomic E-state index is 14.3. The highest BCUT2D eigenvalue weighted by molar-refractivity contribution is 6.31. The molecule has 0 bridgehead atoms. The number of carbonyl (C=O) groups is 1. The Morgan fingerprint density at radius 2 is 1.84 bits per heavy atom. The lowest BCUT2D eigenvalue weighted by Gasteiger charge is -2.24. The molecule has 4 aromatic rings. The van der Waals surface area contributed by atoms with E-state index in [1.54, 1.807) is 54.6 Å². The number of aromatic amines is 1. The molecule has 0 saturated heterocycles. The van der Waals surface area contributed by atoms with Crippen LogP contribution in [0.1, 0.15) is 21.5 Å². The fraction of sp³-hybridized carbons (Fsp3) is 0.0417. The number of para-hydroxylation sites is 1. The van der Waals surface area contributed by atoms with E-state index >= 15 is 0 Å². The van der Waals surface area contributed by atoms with Crippen LogP contribution in [0, 0.1) is 17.1 Å². The number of nitrogens with one attached hydrogen (secondary N) is 1. The van der Waals surface area contributed by atoms with Crippen LogP contribution in [0.5, 0.6) is 0 Å². The molecule has 1 heterocycles. The zero-order valence-corrected chi connectivity index (χ0v) is 16.9. The number of pyridine rings is 1. The molecule has 0 radical (unpaired) electrons. The highest BCUT2D eigenvalue weighted by Gasteiger charge is 2.22. The summed E-state index contributed by atoms with van der Waals surface area (Å²) in [6.07, 6.45) is 0. The first-order valence-electron chi connectivity index (χ1n) is 9.35. The fourth-order valence-corrected chi connectivity index (χ4v) is 3.64. The molecule has 152 valence electrons. The minimum absolute atomic E-state index is 0.0250. The Balaban J connectivity index is 1.88. The van der Waals surface area contributed by atoms with Gasteiger partial charge in [0.1, 0.15) is 5.82 Å². The van der Waals surface area contributed by atoms with Crippen molar-refractivity contribution in [3.63, 3.8) is 0 Å². The van der Waals surface area contributed by atoms with Gasteiger partial charge in [-0.1, -0.05) is 41.9 Å². The van der Waals surface area contributed by atoms with Gasteiger partial charge in [0.05, 0.1) is 29.3 Å². The number of rotatable bonds is 4. The van der Waals surface area contributed by atoms with Gasteiger partial charge >= 0.3 is 0 Å². The summed E-state index contributed by atoms with van der Waals surface area (Å²) < 4.78 is 14.3. The van der Waals surface area contributed by atoms with E-state index in [9.17, 15) is 19.2 Å². The molecule has 0 aliphatic heterocycles. The zero-order valence-electron chi connectivity index (χ0n) is 16.1. The summed E-state index contributed by atoms with van der Waals surface area (Å²) in [5, 5.41) is 10.3. The molecule has 1 amide bonds. The molecular formula is C24H15ClFN3O2. The second-order valence-corrected chi connectivity index (χ2v) is 7.29. The summed E-state index contributed by atoms with van der Waals surface area (Å²) in [6, 6.07) is 21.0. The highest BCUT2D eigenvalue weighted by atomic mass is 35.5. The van der Waals surface area contributed by atoms with Crippen LogP contribution in [-0.2, 0) is 6.54 Å².